The van der Waals surface area contributed by atoms with Gasteiger partial charge in [0.05, 0.1) is 8.59 Å². The van der Waals surface area contributed by atoms with Gasteiger partial charge in [0, 0.05) is 12.4 Å². The molecule has 0 atom stereocenters. The molecule has 0 N–H and O–H groups in total. The predicted octanol–water partition coefficient (Wildman–Crippen LogP) is 3.28. The number of aromatic nitrogens is 3. The first-order valence-electron chi connectivity index (χ1n) is 4.00. The lowest BCUT2D eigenvalue weighted by Crippen LogP contribution is -1.87. The summed E-state index contributed by atoms with van der Waals surface area (Å²) in [6.07, 6.45) is 4.92. The van der Waals surface area contributed by atoms with E-state index < -0.39 is 0 Å². The standard InChI is InChI=1S/C9H5ClIN3S/c10-6-1-2-8(13-3-6)15-9-7(11)4-12-5-14-9/h1-5H. The summed E-state index contributed by atoms with van der Waals surface area (Å²) < 4.78 is 1.01. The molecule has 0 unspecified atom stereocenters. The van der Waals surface area contributed by atoms with Crippen LogP contribution in [0.15, 0.2) is 40.9 Å². The quantitative estimate of drug-likeness (QED) is 0.616. The summed E-state index contributed by atoms with van der Waals surface area (Å²) >= 11 is 9.44. The molecular weight excluding hydrogens is 345 g/mol. The Bertz CT molecular complexity index is 463. The maximum atomic E-state index is 5.75. The molecule has 6 heteroatoms. The molecule has 0 bridgehead atoms. The first-order valence-corrected chi connectivity index (χ1v) is 6.28. The molecule has 2 aromatic heterocycles. The number of nitrogens with zero attached hydrogens (tertiary/aromatic N) is 3. The Morgan fingerprint density at radius 1 is 1.20 bits per heavy atom. The van der Waals surface area contributed by atoms with Crippen molar-refractivity contribution in [1.29, 1.82) is 0 Å². The molecule has 0 aliphatic rings. The van der Waals surface area contributed by atoms with Gasteiger partial charge in [-0.3, -0.25) is 0 Å². The summed E-state index contributed by atoms with van der Waals surface area (Å²) in [7, 11) is 0. The van der Waals surface area contributed by atoms with Crippen molar-refractivity contribution in [2.45, 2.75) is 10.1 Å². The minimum atomic E-state index is 0.636. The fourth-order valence-electron chi connectivity index (χ4n) is 0.898. The lowest BCUT2D eigenvalue weighted by atomic mass is 10.5. The van der Waals surface area contributed by atoms with Crippen molar-refractivity contribution in [1.82, 2.24) is 15.0 Å². The second kappa shape index (κ2) is 5.09. The van der Waals surface area contributed by atoms with Crippen LogP contribution < -0.4 is 0 Å². The van der Waals surface area contributed by atoms with Gasteiger partial charge in [0.2, 0.25) is 0 Å². The van der Waals surface area contributed by atoms with E-state index in [1.54, 1.807) is 12.4 Å². The monoisotopic (exact) mass is 349 g/mol. The predicted molar refractivity (Wildman–Crippen MR) is 68.1 cm³/mol. The number of pyridine rings is 1. The SMILES string of the molecule is Clc1ccc(Sc2ncncc2I)nc1. The van der Waals surface area contributed by atoms with Crippen LogP contribution in [0.5, 0.6) is 0 Å². The van der Waals surface area contributed by atoms with Crippen molar-refractivity contribution < 1.29 is 0 Å². The van der Waals surface area contributed by atoms with E-state index in [9.17, 15) is 0 Å². The van der Waals surface area contributed by atoms with Gasteiger partial charge in [0.15, 0.2) is 0 Å². The van der Waals surface area contributed by atoms with E-state index >= 15 is 0 Å². The van der Waals surface area contributed by atoms with E-state index in [2.05, 4.69) is 37.5 Å². The Hall–Kier alpha value is -0.400. The molecule has 2 heterocycles. The second-order valence-corrected chi connectivity index (χ2v) is 5.20. The molecule has 0 radical (unpaired) electrons. The van der Waals surface area contributed by atoms with Crippen LogP contribution in [0.4, 0.5) is 0 Å². The maximum Gasteiger partial charge on any atom is 0.119 e. The highest BCUT2D eigenvalue weighted by atomic mass is 127. The van der Waals surface area contributed by atoms with Crippen LogP contribution >= 0.6 is 46.0 Å². The molecule has 0 saturated carbocycles. The summed E-state index contributed by atoms with van der Waals surface area (Å²) in [4.78, 5) is 12.3. The molecule has 0 saturated heterocycles. The van der Waals surface area contributed by atoms with Crippen LogP contribution in [-0.4, -0.2) is 15.0 Å². The minimum Gasteiger partial charge on any atom is -0.248 e. The van der Waals surface area contributed by atoms with Gasteiger partial charge in [0.25, 0.3) is 0 Å². The Labute approximate surface area is 110 Å². The minimum absolute atomic E-state index is 0.636. The number of hydrogen-bond acceptors (Lipinski definition) is 4. The van der Waals surface area contributed by atoms with E-state index in [1.165, 1.54) is 18.1 Å². The van der Waals surface area contributed by atoms with Crippen LogP contribution in [0, 0.1) is 3.57 Å². The fourth-order valence-corrected chi connectivity index (χ4v) is 2.33. The van der Waals surface area contributed by atoms with Gasteiger partial charge in [0.1, 0.15) is 16.4 Å². The number of rotatable bonds is 2. The molecule has 76 valence electrons. The van der Waals surface area contributed by atoms with Gasteiger partial charge < -0.3 is 0 Å². The zero-order valence-corrected chi connectivity index (χ0v) is 11.1. The van der Waals surface area contributed by atoms with Crippen molar-refractivity contribution in [3.63, 3.8) is 0 Å². The zero-order valence-electron chi connectivity index (χ0n) is 7.39. The van der Waals surface area contributed by atoms with Crippen molar-refractivity contribution in [3.05, 3.63) is 39.4 Å². The van der Waals surface area contributed by atoms with Crippen molar-refractivity contribution in [2.24, 2.45) is 0 Å². The molecule has 0 spiro atoms. The van der Waals surface area contributed by atoms with E-state index in [0.29, 0.717) is 5.02 Å². The molecule has 3 nitrogen and oxygen atoms in total. The average molecular weight is 350 g/mol. The molecule has 0 aliphatic carbocycles. The average Bonchev–Trinajstić information content (AvgIpc) is 2.25. The van der Waals surface area contributed by atoms with Gasteiger partial charge in [-0.25, -0.2) is 15.0 Å². The third-order valence-corrected chi connectivity index (χ3v) is 3.88. The molecule has 0 amide bonds. The first kappa shape index (κ1) is 11.1. The van der Waals surface area contributed by atoms with Crippen LogP contribution in [0.1, 0.15) is 0 Å². The zero-order chi connectivity index (χ0) is 10.7. The third kappa shape index (κ3) is 3.02. The van der Waals surface area contributed by atoms with E-state index in [0.717, 1.165) is 13.6 Å². The molecule has 0 aromatic carbocycles. The Morgan fingerprint density at radius 3 is 2.73 bits per heavy atom. The van der Waals surface area contributed by atoms with Crippen molar-refractivity contribution in [2.75, 3.05) is 0 Å². The topological polar surface area (TPSA) is 38.7 Å². The normalized spacial score (nSPS) is 10.3. The Balaban J connectivity index is 2.22. The number of halogens is 2. The highest BCUT2D eigenvalue weighted by Crippen LogP contribution is 2.27. The summed E-state index contributed by atoms with van der Waals surface area (Å²) in [5, 5.41) is 2.41. The van der Waals surface area contributed by atoms with Gasteiger partial charge in [-0.15, -0.1) is 0 Å². The molecule has 2 rings (SSSR count). The summed E-state index contributed by atoms with van der Waals surface area (Å²) in [6.45, 7) is 0. The molecule has 0 fully saturated rings. The highest BCUT2D eigenvalue weighted by Gasteiger charge is 2.04. The lowest BCUT2D eigenvalue weighted by molar-refractivity contribution is 1.01. The second-order valence-electron chi connectivity index (χ2n) is 2.59. The van der Waals surface area contributed by atoms with Crippen LogP contribution in [-0.2, 0) is 0 Å². The van der Waals surface area contributed by atoms with Crippen LogP contribution in [0.3, 0.4) is 0 Å². The molecular formula is C9H5ClIN3S. The first-order chi connectivity index (χ1) is 7.25. The lowest BCUT2D eigenvalue weighted by Gasteiger charge is -2.01. The Morgan fingerprint density at radius 2 is 2.07 bits per heavy atom. The fraction of sp³-hybridized carbons (Fsp3) is 0. The van der Waals surface area contributed by atoms with Crippen LogP contribution in [0.25, 0.3) is 0 Å². The largest absolute Gasteiger partial charge is 0.248 e. The molecule has 0 aliphatic heterocycles. The van der Waals surface area contributed by atoms with Gasteiger partial charge in [-0.2, -0.15) is 0 Å². The van der Waals surface area contributed by atoms with Gasteiger partial charge >= 0.3 is 0 Å². The summed E-state index contributed by atoms with van der Waals surface area (Å²) in [6, 6.07) is 3.68. The van der Waals surface area contributed by atoms with E-state index in [4.69, 9.17) is 11.6 Å². The Kier molecular flexibility index (Phi) is 3.76. The summed E-state index contributed by atoms with van der Waals surface area (Å²) in [5.74, 6) is 0. The van der Waals surface area contributed by atoms with Crippen LogP contribution in [0.2, 0.25) is 5.02 Å². The van der Waals surface area contributed by atoms with Gasteiger partial charge in [-0.1, -0.05) is 11.6 Å². The smallest absolute Gasteiger partial charge is 0.119 e. The molecule has 15 heavy (non-hydrogen) atoms. The van der Waals surface area contributed by atoms with E-state index in [1.807, 2.05) is 12.1 Å². The van der Waals surface area contributed by atoms with Gasteiger partial charge in [-0.05, 0) is 46.5 Å². The summed E-state index contributed by atoms with van der Waals surface area (Å²) in [5.41, 5.74) is 0. The third-order valence-electron chi connectivity index (χ3n) is 1.54. The molecule has 2 aromatic rings. The van der Waals surface area contributed by atoms with Crippen molar-refractivity contribution in [3.8, 4) is 0 Å². The number of hydrogen-bond donors (Lipinski definition) is 0. The maximum absolute atomic E-state index is 5.75. The van der Waals surface area contributed by atoms with E-state index in [-0.39, 0.29) is 0 Å². The highest BCUT2D eigenvalue weighted by molar-refractivity contribution is 14.1. The van der Waals surface area contributed by atoms with Crippen molar-refractivity contribution >= 4 is 46.0 Å².